The van der Waals surface area contributed by atoms with E-state index < -0.39 is 0 Å². The van der Waals surface area contributed by atoms with Crippen LogP contribution < -0.4 is 5.32 Å². The van der Waals surface area contributed by atoms with Crippen molar-refractivity contribution in [3.05, 3.63) is 52.7 Å². The van der Waals surface area contributed by atoms with Gasteiger partial charge in [-0.15, -0.1) is 11.3 Å². The highest BCUT2D eigenvalue weighted by Gasteiger charge is 2.20. The van der Waals surface area contributed by atoms with E-state index in [2.05, 4.69) is 40.3 Å². The van der Waals surface area contributed by atoms with Crippen molar-refractivity contribution in [2.75, 3.05) is 38.5 Å². The van der Waals surface area contributed by atoms with Gasteiger partial charge in [0.05, 0.1) is 0 Å². The van der Waals surface area contributed by atoms with E-state index in [-0.39, 0.29) is 18.4 Å². The van der Waals surface area contributed by atoms with Crippen LogP contribution in [0.3, 0.4) is 0 Å². The van der Waals surface area contributed by atoms with Crippen LogP contribution in [0.5, 0.6) is 0 Å². The number of aromatic nitrogens is 3. The number of rotatable bonds is 5. The molecule has 2 aromatic heterocycles. The molecule has 2 amide bonds. The third-order valence-electron chi connectivity index (χ3n) is 5.38. The number of carbonyl (C=O) groups excluding carboxylic acids is 2. The van der Waals surface area contributed by atoms with Gasteiger partial charge in [-0.05, 0) is 26.5 Å². The highest BCUT2D eigenvalue weighted by atomic mass is 32.1. The quantitative estimate of drug-likeness (QED) is 0.662. The number of hydrogen-bond donors (Lipinski definition) is 1. The van der Waals surface area contributed by atoms with Crippen LogP contribution in [-0.2, 0) is 11.3 Å². The second-order valence-corrected chi connectivity index (χ2v) is 8.75. The zero-order valence-electron chi connectivity index (χ0n) is 18.0. The van der Waals surface area contributed by atoms with Crippen molar-refractivity contribution in [1.82, 2.24) is 24.6 Å². The van der Waals surface area contributed by atoms with E-state index in [0.29, 0.717) is 11.5 Å². The molecule has 1 aliphatic rings. The minimum absolute atomic E-state index is 0.0340. The number of aryl methyl sites for hydroxylation is 2. The molecule has 162 valence electrons. The summed E-state index contributed by atoms with van der Waals surface area (Å²) in [6.45, 7) is 7.47. The molecule has 1 saturated heterocycles. The molecular weight excluding hydrogens is 412 g/mol. The Bertz CT molecular complexity index is 1100. The van der Waals surface area contributed by atoms with Crippen molar-refractivity contribution in [2.24, 2.45) is 0 Å². The van der Waals surface area contributed by atoms with Crippen molar-refractivity contribution in [2.45, 2.75) is 20.4 Å². The average Bonchev–Trinajstić information content (AvgIpc) is 3.38. The normalized spacial score (nSPS) is 14.6. The van der Waals surface area contributed by atoms with Gasteiger partial charge >= 0.3 is 0 Å². The molecule has 1 aliphatic heterocycles. The Hall–Kier alpha value is -3.04. The van der Waals surface area contributed by atoms with E-state index in [1.807, 2.05) is 24.0 Å². The topological polar surface area (TPSA) is 83.4 Å². The number of nitrogens with zero attached hydrogens (tertiary/aromatic N) is 5. The maximum Gasteiger partial charge on any atom is 0.276 e. The summed E-state index contributed by atoms with van der Waals surface area (Å²) in [5.74, 6) is 0.117. The molecule has 3 heterocycles. The molecule has 3 aromatic rings. The predicted octanol–water partition coefficient (Wildman–Crippen LogP) is 2.65. The number of thiazole rings is 1. The van der Waals surface area contributed by atoms with Crippen molar-refractivity contribution in [1.29, 1.82) is 0 Å². The summed E-state index contributed by atoms with van der Waals surface area (Å²) in [5.41, 5.74) is 3.70. The summed E-state index contributed by atoms with van der Waals surface area (Å²) >= 11 is 1.44. The summed E-state index contributed by atoms with van der Waals surface area (Å²) in [7, 11) is 2.05. The lowest BCUT2D eigenvalue weighted by Gasteiger charge is -2.32. The Kier molecular flexibility index (Phi) is 6.15. The van der Waals surface area contributed by atoms with Gasteiger partial charge in [0.2, 0.25) is 5.91 Å². The number of amides is 2. The summed E-state index contributed by atoms with van der Waals surface area (Å²) in [6, 6.07) is 7.86. The van der Waals surface area contributed by atoms with Gasteiger partial charge in [0, 0.05) is 49.4 Å². The largest absolute Gasteiger partial charge is 0.339 e. The van der Waals surface area contributed by atoms with Crippen LogP contribution in [0.1, 0.15) is 21.6 Å². The number of anilines is 1. The second-order valence-electron chi connectivity index (χ2n) is 7.89. The van der Waals surface area contributed by atoms with Gasteiger partial charge in [-0.1, -0.05) is 23.8 Å². The zero-order valence-corrected chi connectivity index (χ0v) is 18.8. The molecule has 0 radical (unpaired) electrons. The Morgan fingerprint density at radius 3 is 2.65 bits per heavy atom. The summed E-state index contributed by atoms with van der Waals surface area (Å²) in [6.07, 6.45) is 1.70. The van der Waals surface area contributed by atoms with E-state index in [1.165, 1.54) is 16.9 Å². The minimum Gasteiger partial charge on any atom is -0.339 e. The van der Waals surface area contributed by atoms with Gasteiger partial charge in [0.15, 0.2) is 5.82 Å². The summed E-state index contributed by atoms with van der Waals surface area (Å²) in [5, 5.41) is 9.64. The number of nitrogens with one attached hydrogen (secondary N) is 1. The first kappa shape index (κ1) is 21.2. The van der Waals surface area contributed by atoms with Crippen molar-refractivity contribution in [3.63, 3.8) is 0 Å². The molecule has 0 unspecified atom stereocenters. The second kappa shape index (κ2) is 8.99. The molecule has 0 saturated carbocycles. The molecule has 8 nitrogen and oxygen atoms in total. The van der Waals surface area contributed by atoms with E-state index in [1.54, 1.807) is 22.3 Å². The molecule has 0 atom stereocenters. The maximum atomic E-state index is 12.6. The lowest BCUT2D eigenvalue weighted by molar-refractivity contribution is -0.133. The van der Waals surface area contributed by atoms with Crippen LogP contribution in [0.15, 0.2) is 35.8 Å². The van der Waals surface area contributed by atoms with Gasteiger partial charge in [-0.25, -0.2) is 4.98 Å². The first-order valence-electron chi connectivity index (χ1n) is 10.2. The van der Waals surface area contributed by atoms with E-state index >= 15 is 0 Å². The number of benzene rings is 1. The third kappa shape index (κ3) is 5.00. The van der Waals surface area contributed by atoms with E-state index in [4.69, 9.17) is 0 Å². The lowest BCUT2D eigenvalue weighted by atomic mass is 10.1. The standard InChI is InChI=1S/C22H26N6O2S/c1-15-4-5-17(16(2)12-15)22-23-18(14-31-22)21(30)24-19-6-7-28(25-19)13-20(29)27-10-8-26(3)9-11-27/h4-7,12,14H,8-11,13H2,1-3H3,(H,24,25,30). The number of carbonyl (C=O) groups is 2. The average molecular weight is 439 g/mol. The Morgan fingerprint density at radius 2 is 1.90 bits per heavy atom. The number of hydrogen-bond acceptors (Lipinski definition) is 6. The fourth-order valence-corrected chi connectivity index (χ4v) is 4.44. The minimum atomic E-state index is -0.317. The monoisotopic (exact) mass is 438 g/mol. The summed E-state index contributed by atoms with van der Waals surface area (Å²) < 4.78 is 1.55. The smallest absolute Gasteiger partial charge is 0.276 e. The number of likely N-dealkylation sites (N-methyl/N-ethyl adjacent to an activating group) is 1. The molecule has 4 rings (SSSR count). The zero-order chi connectivity index (χ0) is 22.0. The molecular formula is C22H26N6O2S. The Labute approximate surface area is 185 Å². The van der Waals surface area contributed by atoms with Crippen LogP contribution in [0.25, 0.3) is 10.6 Å². The van der Waals surface area contributed by atoms with Crippen LogP contribution >= 0.6 is 11.3 Å². The van der Waals surface area contributed by atoms with Gasteiger partial charge in [-0.2, -0.15) is 5.10 Å². The van der Waals surface area contributed by atoms with Crippen LogP contribution in [0.4, 0.5) is 5.82 Å². The highest BCUT2D eigenvalue weighted by Crippen LogP contribution is 2.27. The third-order valence-corrected chi connectivity index (χ3v) is 6.26. The first-order chi connectivity index (χ1) is 14.9. The van der Waals surface area contributed by atoms with Crippen molar-refractivity contribution < 1.29 is 9.59 Å². The molecule has 9 heteroatoms. The van der Waals surface area contributed by atoms with Crippen LogP contribution in [0, 0.1) is 13.8 Å². The lowest BCUT2D eigenvalue weighted by Crippen LogP contribution is -2.48. The van der Waals surface area contributed by atoms with Gasteiger partial charge in [0.25, 0.3) is 5.91 Å². The Morgan fingerprint density at radius 1 is 1.13 bits per heavy atom. The fraction of sp³-hybridized carbons (Fsp3) is 0.364. The maximum absolute atomic E-state index is 12.6. The van der Waals surface area contributed by atoms with E-state index in [9.17, 15) is 9.59 Å². The predicted molar refractivity (Wildman–Crippen MR) is 121 cm³/mol. The highest BCUT2D eigenvalue weighted by molar-refractivity contribution is 7.13. The van der Waals surface area contributed by atoms with Gasteiger partial charge in [0.1, 0.15) is 17.2 Å². The molecule has 31 heavy (non-hydrogen) atoms. The molecule has 0 bridgehead atoms. The molecule has 1 fully saturated rings. The van der Waals surface area contributed by atoms with E-state index in [0.717, 1.165) is 42.3 Å². The molecule has 0 aliphatic carbocycles. The Balaban J connectivity index is 1.37. The SMILES string of the molecule is Cc1ccc(-c2nc(C(=O)Nc3ccn(CC(=O)N4CCN(C)CC4)n3)cs2)c(C)c1. The number of piperazine rings is 1. The fourth-order valence-electron chi connectivity index (χ4n) is 3.55. The van der Waals surface area contributed by atoms with Crippen molar-refractivity contribution in [3.8, 4) is 10.6 Å². The molecule has 0 spiro atoms. The van der Waals surface area contributed by atoms with Crippen LogP contribution in [0.2, 0.25) is 0 Å². The summed E-state index contributed by atoms with van der Waals surface area (Å²) in [4.78, 5) is 33.6. The first-order valence-corrected chi connectivity index (χ1v) is 11.1. The van der Waals surface area contributed by atoms with Gasteiger partial charge in [-0.3, -0.25) is 14.3 Å². The molecule has 1 aromatic carbocycles. The van der Waals surface area contributed by atoms with Gasteiger partial charge < -0.3 is 15.1 Å². The van der Waals surface area contributed by atoms with Crippen LogP contribution in [-0.4, -0.2) is 69.6 Å². The van der Waals surface area contributed by atoms with Crippen molar-refractivity contribution >= 4 is 29.0 Å². The molecule has 1 N–H and O–H groups in total.